The number of para-hydroxylation sites is 1. The van der Waals surface area contributed by atoms with Gasteiger partial charge in [0.25, 0.3) is 0 Å². The van der Waals surface area contributed by atoms with Gasteiger partial charge in [0.05, 0.1) is 11.1 Å². The third-order valence-corrected chi connectivity index (χ3v) is 16.2. The maximum absolute atomic E-state index is 2.51. The lowest BCUT2D eigenvalue weighted by Gasteiger charge is -2.35. The fourth-order valence-corrected chi connectivity index (χ4v) is 13.1. The van der Waals surface area contributed by atoms with Crippen LogP contribution in [0, 0.1) is 18.8 Å². The van der Waals surface area contributed by atoms with Crippen LogP contribution < -0.4 is 4.90 Å². The van der Waals surface area contributed by atoms with Crippen LogP contribution in [-0.4, -0.2) is 0 Å². The van der Waals surface area contributed by atoms with Crippen LogP contribution in [0.2, 0.25) is 0 Å². The number of hydrogen-bond acceptors (Lipinski definition) is 1. The fraction of sp³-hybridized carbons (Fsp3) is 0.130. The van der Waals surface area contributed by atoms with Gasteiger partial charge in [-0.1, -0.05) is 225 Å². The first-order valence-corrected chi connectivity index (χ1v) is 25.3. The summed E-state index contributed by atoms with van der Waals surface area (Å²) in [6.45, 7) is 2.27. The molecule has 0 aliphatic heterocycles. The minimum absolute atomic E-state index is 0.539. The zero-order chi connectivity index (χ0) is 46.6. The van der Waals surface area contributed by atoms with Gasteiger partial charge in [0.2, 0.25) is 0 Å². The van der Waals surface area contributed by atoms with Crippen molar-refractivity contribution in [3.8, 4) is 55.6 Å². The lowest BCUT2D eigenvalue weighted by molar-refractivity contribution is 0.420. The molecule has 1 heteroatoms. The molecule has 0 amide bonds. The number of nitrogens with zero attached hydrogens (tertiary/aromatic N) is 1. The van der Waals surface area contributed by atoms with E-state index in [1.54, 1.807) is 0 Å². The molecular formula is C69H55N. The Kier molecular flexibility index (Phi) is 10.5. The van der Waals surface area contributed by atoms with Gasteiger partial charge in [-0.05, 0) is 158 Å². The molecule has 3 aliphatic carbocycles. The van der Waals surface area contributed by atoms with Crippen LogP contribution in [0.4, 0.5) is 17.1 Å². The summed E-state index contributed by atoms with van der Waals surface area (Å²) < 4.78 is 0. The van der Waals surface area contributed by atoms with E-state index in [1.165, 1.54) is 115 Å². The first-order chi connectivity index (χ1) is 34.6. The second-order valence-electron chi connectivity index (χ2n) is 20.0. The summed E-state index contributed by atoms with van der Waals surface area (Å²) in [5.74, 6) is 2.54. The van der Waals surface area contributed by atoms with E-state index in [2.05, 4.69) is 261 Å². The molecule has 0 N–H and O–H groups in total. The first kappa shape index (κ1) is 42.1. The quantitative estimate of drug-likeness (QED) is 0.132. The van der Waals surface area contributed by atoms with Crippen molar-refractivity contribution in [3.63, 3.8) is 0 Å². The maximum Gasteiger partial charge on any atom is 0.0714 e. The molecule has 2 saturated carbocycles. The van der Waals surface area contributed by atoms with Crippen molar-refractivity contribution in [2.45, 2.75) is 43.9 Å². The Morgan fingerprint density at radius 3 is 1.56 bits per heavy atom. The lowest BCUT2D eigenvalue weighted by Crippen LogP contribution is -2.28. The molecule has 3 atom stereocenters. The molecule has 336 valence electrons. The van der Waals surface area contributed by atoms with Gasteiger partial charge in [-0.15, -0.1) is 0 Å². The highest BCUT2D eigenvalue weighted by Gasteiger charge is 2.47. The zero-order valence-corrected chi connectivity index (χ0v) is 39.7. The molecule has 2 fully saturated rings. The number of rotatable bonds is 10. The van der Waals surface area contributed by atoms with Crippen LogP contribution in [0.15, 0.2) is 249 Å². The third-order valence-electron chi connectivity index (χ3n) is 16.2. The van der Waals surface area contributed by atoms with Gasteiger partial charge < -0.3 is 4.90 Å². The van der Waals surface area contributed by atoms with E-state index in [4.69, 9.17) is 0 Å². The monoisotopic (exact) mass is 897 g/mol. The summed E-state index contributed by atoms with van der Waals surface area (Å²) in [7, 11) is 0. The van der Waals surface area contributed by atoms with E-state index in [-0.39, 0.29) is 0 Å². The molecule has 10 aromatic rings. The molecule has 0 heterocycles. The van der Waals surface area contributed by atoms with E-state index < -0.39 is 5.41 Å². The average Bonchev–Trinajstić information content (AvgIpc) is 4.16. The highest BCUT2D eigenvalue weighted by molar-refractivity contribution is 5.98. The van der Waals surface area contributed by atoms with Gasteiger partial charge in [-0.25, -0.2) is 0 Å². The summed E-state index contributed by atoms with van der Waals surface area (Å²) in [6, 6.07) is 92.9. The standard InChI is InChI=1S/C69H55N/c1-47-18-17-30-65-68(47)63-43-42-57(46-66(63)69(65,54-21-7-3-8-22-54)55-23-9-4-10-24-55)70(56-40-38-50(39-41-56)49-34-36-52(37-35-49)64-45-48-32-33-53(64)44-48)67-31-16-15-29-62(67)61-28-14-13-27-60(61)59-26-12-11-25-58(59)51-19-5-2-6-20-51/h2-31,34-43,46,48,53,64H,32-33,44-45H2,1H3. The Balaban J connectivity index is 1.00. The van der Waals surface area contributed by atoms with Crippen LogP contribution in [-0.2, 0) is 5.41 Å². The number of hydrogen-bond donors (Lipinski definition) is 0. The Hall–Kier alpha value is -8.00. The van der Waals surface area contributed by atoms with Crippen LogP contribution in [0.5, 0.6) is 0 Å². The predicted octanol–water partition coefficient (Wildman–Crippen LogP) is 18.4. The van der Waals surface area contributed by atoms with E-state index >= 15 is 0 Å². The summed E-state index contributed by atoms with van der Waals surface area (Å²) in [6.07, 6.45) is 5.63. The predicted molar refractivity (Wildman–Crippen MR) is 293 cm³/mol. The van der Waals surface area contributed by atoms with Crippen LogP contribution in [0.3, 0.4) is 0 Å². The fourth-order valence-electron chi connectivity index (χ4n) is 13.1. The van der Waals surface area contributed by atoms with Gasteiger partial charge in [-0.3, -0.25) is 0 Å². The summed E-state index contributed by atoms with van der Waals surface area (Å²) in [4.78, 5) is 2.51. The molecule has 13 rings (SSSR count). The molecule has 70 heavy (non-hydrogen) atoms. The van der Waals surface area contributed by atoms with Crippen molar-refractivity contribution in [1.82, 2.24) is 0 Å². The van der Waals surface area contributed by atoms with Crippen LogP contribution in [0.25, 0.3) is 55.6 Å². The average molecular weight is 898 g/mol. The molecule has 0 saturated heterocycles. The number of aryl methyl sites for hydroxylation is 1. The first-order valence-electron chi connectivity index (χ1n) is 25.3. The SMILES string of the molecule is Cc1cccc2c1-c1ccc(N(c3ccc(-c4ccc(C5CC6CCC5C6)cc4)cc3)c3ccccc3-c3ccccc3-c3ccccc3-c3ccccc3)cc1C2(c1ccccc1)c1ccccc1. The molecule has 2 bridgehead atoms. The Morgan fingerprint density at radius 2 is 0.929 bits per heavy atom. The Morgan fingerprint density at radius 1 is 0.386 bits per heavy atom. The van der Waals surface area contributed by atoms with E-state index in [0.717, 1.165) is 34.8 Å². The Labute approximate surface area is 413 Å². The number of benzene rings is 10. The summed E-state index contributed by atoms with van der Waals surface area (Å²) in [5, 5.41) is 0. The minimum Gasteiger partial charge on any atom is -0.310 e. The lowest BCUT2D eigenvalue weighted by atomic mass is 9.67. The van der Waals surface area contributed by atoms with E-state index in [0.29, 0.717) is 0 Å². The van der Waals surface area contributed by atoms with Crippen molar-refractivity contribution in [2.24, 2.45) is 11.8 Å². The Bertz CT molecular complexity index is 3460. The molecule has 3 aliphatic rings. The van der Waals surface area contributed by atoms with Crippen LogP contribution in [0.1, 0.15) is 65.0 Å². The van der Waals surface area contributed by atoms with Crippen molar-refractivity contribution in [2.75, 3.05) is 4.90 Å². The second kappa shape index (κ2) is 17.5. The summed E-state index contributed by atoms with van der Waals surface area (Å²) in [5.41, 5.74) is 23.0. The van der Waals surface area contributed by atoms with Crippen molar-refractivity contribution in [3.05, 3.63) is 282 Å². The minimum atomic E-state index is -0.539. The number of anilines is 3. The summed E-state index contributed by atoms with van der Waals surface area (Å²) >= 11 is 0. The van der Waals surface area contributed by atoms with Crippen molar-refractivity contribution >= 4 is 17.1 Å². The van der Waals surface area contributed by atoms with Gasteiger partial charge in [0.15, 0.2) is 0 Å². The van der Waals surface area contributed by atoms with Crippen LogP contribution >= 0.6 is 0 Å². The normalized spacial score (nSPS) is 17.2. The maximum atomic E-state index is 2.51. The molecular weight excluding hydrogens is 843 g/mol. The van der Waals surface area contributed by atoms with E-state index in [1.807, 2.05) is 0 Å². The second-order valence-corrected chi connectivity index (χ2v) is 20.0. The third kappa shape index (κ3) is 6.98. The highest BCUT2D eigenvalue weighted by atomic mass is 15.1. The molecule has 0 spiro atoms. The largest absolute Gasteiger partial charge is 0.310 e. The zero-order valence-electron chi connectivity index (χ0n) is 39.7. The van der Waals surface area contributed by atoms with Crippen molar-refractivity contribution in [1.29, 1.82) is 0 Å². The van der Waals surface area contributed by atoms with Gasteiger partial charge in [0, 0.05) is 16.9 Å². The number of fused-ring (bicyclic) bond motifs is 5. The molecule has 0 radical (unpaired) electrons. The van der Waals surface area contributed by atoms with Gasteiger partial charge >= 0.3 is 0 Å². The smallest absolute Gasteiger partial charge is 0.0714 e. The van der Waals surface area contributed by atoms with Crippen molar-refractivity contribution < 1.29 is 0 Å². The topological polar surface area (TPSA) is 3.24 Å². The van der Waals surface area contributed by atoms with E-state index in [9.17, 15) is 0 Å². The molecule has 3 unspecified atom stereocenters. The highest BCUT2D eigenvalue weighted by Crippen LogP contribution is 2.59. The van der Waals surface area contributed by atoms with Gasteiger partial charge in [0.1, 0.15) is 0 Å². The molecule has 1 nitrogen and oxygen atoms in total. The van der Waals surface area contributed by atoms with Gasteiger partial charge in [-0.2, -0.15) is 0 Å². The molecule has 0 aromatic heterocycles. The molecule has 10 aromatic carbocycles.